The summed E-state index contributed by atoms with van der Waals surface area (Å²) >= 11 is 0. The van der Waals surface area contributed by atoms with Crippen LogP contribution in [0.4, 0.5) is 0 Å². The first-order chi connectivity index (χ1) is 13.7. The lowest BCUT2D eigenvalue weighted by atomic mass is 9.75. The summed E-state index contributed by atoms with van der Waals surface area (Å²) < 4.78 is 10.8. The molecule has 0 saturated heterocycles. The molecule has 0 spiro atoms. The highest BCUT2D eigenvalue weighted by atomic mass is 16.5. The zero-order valence-corrected chi connectivity index (χ0v) is 15.7. The second-order valence-corrected chi connectivity index (χ2v) is 7.02. The van der Waals surface area contributed by atoms with Crippen molar-refractivity contribution in [1.82, 2.24) is 0 Å². The van der Waals surface area contributed by atoms with Crippen LogP contribution in [0.3, 0.4) is 0 Å². The zero-order valence-electron chi connectivity index (χ0n) is 15.7. The number of carbonyl (C=O) groups excluding carboxylic acids is 1. The molecule has 0 bridgehead atoms. The average Bonchev–Trinajstić information content (AvgIpc) is 2.74. The summed E-state index contributed by atoms with van der Waals surface area (Å²) in [5.41, 5.74) is 4.20. The number of phenols is 1. The summed E-state index contributed by atoms with van der Waals surface area (Å²) in [6.45, 7) is 0.566. The van der Waals surface area contributed by atoms with E-state index in [1.165, 1.54) is 12.7 Å². The van der Waals surface area contributed by atoms with E-state index in [-0.39, 0.29) is 30.0 Å². The molecular formula is C24H22O4. The molecule has 1 N–H and O–H groups in total. The van der Waals surface area contributed by atoms with E-state index in [0.29, 0.717) is 6.61 Å². The number of ether oxygens (including phenoxy) is 2. The second kappa shape index (κ2) is 7.77. The molecule has 4 nitrogen and oxygen atoms in total. The van der Waals surface area contributed by atoms with Gasteiger partial charge in [-0.15, -0.1) is 0 Å². The zero-order chi connectivity index (χ0) is 19.5. The van der Waals surface area contributed by atoms with E-state index in [2.05, 4.69) is 24.3 Å². The maximum Gasteiger partial charge on any atom is 0.309 e. The van der Waals surface area contributed by atoms with Crippen molar-refractivity contribution >= 4 is 5.97 Å². The van der Waals surface area contributed by atoms with Gasteiger partial charge in [0.2, 0.25) is 0 Å². The lowest BCUT2D eigenvalue weighted by Crippen LogP contribution is -2.25. The minimum Gasteiger partial charge on any atom is -0.508 e. The van der Waals surface area contributed by atoms with Gasteiger partial charge in [0.05, 0.1) is 20.1 Å². The van der Waals surface area contributed by atoms with E-state index >= 15 is 0 Å². The van der Waals surface area contributed by atoms with Gasteiger partial charge in [-0.05, 0) is 34.9 Å². The van der Waals surface area contributed by atoms with Crippen LogP contribution in [0.25, 0.3) is 0 Å². The van der Waals surface area contributed by atoms with Gasteiger partial charge in [-0.1, -0.05) is 54.6 Å². The van der Waals surface area contributed by atoms with Gasteiger partial charge in [-0.2, -0.15) is 0 Å². The summed E-state index contributed by atoms with van der Waals surface area (Å²) in [6.07, 6.45) is 0.254. The first-order valence-corrected chi connectivity index (χ1v) is 9.32. The topological polar surface area (TPSA) is 55.8 Å². The Morgan fingerprint density at radius 3 is 2.50 bits per heavy atom. The molecule has 0 radical (unpaired) electrons. The quantitative estimate of drug-likeness (QED) is 0.687. The predicted molar refractivity (Wildman–Crippen MR) is 107 cm³/mol. The first kappa shape index (κ1) is 18.1. The van der Waals surface area contributed by atoms with Gasteiger partial charge in [0.25, 0.3) is 0 Å². The van der Waals surface area contributed by atoms with Crippen molar-refractivity contribution < 1.29 is 19.4 Å². The Morgan fingerprint density at radius 2 is 1.79 bits per heavy atom. The standard InChI is InChI=1S/C24H22O4/c1-27-23(26)13-16-7-9-18(10-8-16)24-20-14-19(25)11-12-22(20)28-15-21(24)17-5-3-2-4-6-17/h2-12,14,21,24-25H,13,15H2,1H3/t21-,24?/m1/s1. The molecule has 28 heavy (non-hydrogen) atoms. The van der Waals surface area contributed by atoms with Crippen LogP contribution in [-0.2, 0) is 16.0 Å². The summed E-state index contributed by atoms with van der Waals surface area (Å²) in [4.78, 5) is 11.5. The van der Waals surface area contributed by atoms with Crippen molar-refractivity contribution in [3.05, 3.63) is 95.1 Å². The van der Waals surface area contributed by atoms with E-state index in [0.717, 1.165) is 22.4 Å². The van der Waals surface area contributed by atoms with Gasteiger partial charge < -0.3 is 14.6 Å². The van der Waals surface area contributed by atoms with Gasteiger partial charge in [0, 0.05) is 17.4 Å². The summed E-state index contributed by atoms with van der Waals surface area (Å²) in [6, 6.07) is 23.6. The van der Waals surface area contributed by atoms with E-state index in [1.54, 1.807) is 12.1 Å². The molecule has 0 fully saturated rings. The van der Waals surface area contributed by atoms with E-state index in [4.69, 9.17) is 9.47 Å². The Balaban J connectivity index is 1.75. The highest BCUT2D eigenvalue weighted by Crippen LogP contribution is 2.46. The van der Waals surface area contributed by atoms with Crippen LogP contribution in [0.15, 0.2) is 72.8 Å². The second-order valence-electron chi connectivity index (χ2n) is 7.02. The van der Waals surface area contributed by atoms with Crippen molar-refractivity contribution in [2.24, 2.45) is 0 Å². The number of methoxy groups -OCH3 is 1. The molecule has 1 aliphatic rings. The van der Waals surface area contributed by atoms with Crippen molar-refractivity contribution in [3.63, 3.8) is 0 Å². The van der Waals surface area contributed by atoms with Crippen LogP contribution in [-0.4, -0.2) is 24.8 Å². The molecule has 1 heterocycles. The number of phenolic OH excluding ortho intramolecular Hbond substituents is 1. The van der Waals surface area contributed by atoms with Crippen molar-refractivity contribution in [2.45, 2.75) is 18.3 Å². The molecule has 142 valence electrons. The maximum atomic E-state index is 11.5. The number of rotatable bonds is 4. The molecule has 1 unspecified atom stereocenters. The molecule has 0 saturated carbocycles. The Bertz CT molecular complexity index is 964. The summed E-state index contributed by atoms with van der Waals surface area (Å²) in [5, 5.41) is 10.1. The number of fused-ring (bicyclic) bond motifs is 1. The third kappa shape index (κ3) is 3.58. The fourth-order valence-electron chi connectivity index (χ4n) is 3.89. The number of hydrogen-bond acceptors (Lipinski definition) is 4. The highest BCUT2D eigenvalue weighted by molar-refractivity contribution is 5.72. The van der Waals surface area contributed by atoms with Crippen LogP contribution in [0.2, 0.25) is 0 Å². The lowest BCUT2D eigenvalue weighted by Gasteiger charge is -2.34. The SMILES string of the molecule is COC(=O)Cc1ccc(C2c3cc(O)ccc3OC[C@@H]2c2ccccc2)cc1. The Kier molecular flexibility index (Phi) is 5.02. The van der Waals surface area contributed by atoms with Gasteiger partial charge in [0.1, 0.15) is 11.5 Å². The molecule has 4 heteroatoms. The highest BCUT2D eigenvalue weighted by Gasteiger charge is 2.33. The van der Waals surface area contributed by atoms with Crippen LogP contribution >= 0.6 is 0 Å². The Labute approximate surface area is 164 Å². The first-order valence-electron chi connectivity index (χ1n) is 9.32. The smallest absolute Gasteiger partial charge is 0.309 e. The van der Waals surface area contributed by atoms with E-state index in [1.807, 2.05) is 36.4 Å². The summed E-state index contributed by atoms with van der Waals surface area (Å²) in [7, 11) is 1.40. The molecule has 0 aromatic heterocycles. The normalized spacial score (nSPS) is 18.0. The fourth-order valence-corrected chi connectivity index (χ4v) is 3.89. The van der Waals surface area contributed by atoms with E-state index < -0.39 is 0 Å². The third-order valence-electron chi connectivity index (χ3n) is 5.29. The molecule has 0 aliphatic carbocycles. The molecule has 1 aliphatic heterocycles. The fraction of sp³-hybridized carbons (Fsp3) is 0.208. The average molecular weight is 374 g/mol. The Morgan fingerprint density at radius 1 is 1.04 bits per heavy atom. The van der Waals surface area contributed by atoms with Gasteiger partial charge >= 0.3 is 5.97 Å². The number of aromatic hydroxyl groups is 1. The third-order valence-corrected chi connectivity index (χ3v) is 5.29. The van der Waals surface area contributed by atoms with Gasteiger partial charge in [-0.3, -0.25) is 4.79 Å². The molecule has 2 atom stereocenters. The molecular weight excluding hydrogens is 352 g/mol. The Hall–Kier alpha value is -3.27. The minimum absolute atomic E-state index is 0.0467. The molecule has 4 rings (SSSR count). The maximum absolute atomic E-state index is 11.5. The number of benzene rings is 3. The van der Waals surface area contributed by atoms with Crippen LogP contribution in [0.5, 0.6) is 11.5 Å². The number of hydrogen-bond donors (Lipinski definition) is 1. The predicted octanol–water partition coefficient (Wildman–Crippen LogP) is 4.42. The van der Waals surface area contributed by atoms with Gasteiger partial charge in [-0.25, -0.2) is 0 Å². The van der Waals surface area contributed by atoms with Crippen LogP contribution in [0.1, 0.15) is 34.1 Å². The lowest BCUT2D eigenvalue weighted by molar-refractivity contribution is -0.139. The van der Waals surface area contributed by atoms with Crippen molar-refractivity contribution in [1.29, 1.82) is 0 Å². The molecule has 3 aromatic carbocycles. The largest absolute Gasteiger partial charge is 0.508 e. The van der Waals surface area contributed by atoms with Gasteiger partial charge in [0.15, 0.2) is 0 Å². The summed E-state index contributed by atoms with van der Waals surface area (Å²) in [5.74, 6) is 0.945. The molecule has 0 amide bonds. The minimum atomic E-state index is -0.253. The number of carbonyl (C=O) groups is 1. The van der Waals surface area contributed by atoms with Crippen LogP contribution < -0.4 is 4.74 Å². The molecule has 3 aromatic rings. The van der Waals surface area contributed by atoms with Crippen molar-refractivity contribution in [3.8, 4) is 11.5 Å². The van der Waals surface area contributed by atoms with E-state index in [9.17, 15) is 9.90 Å². The number of esters is 1. The monoisotopic (exact) mass is 374 g/mol. The van der Waals surface area contributed by atoms with Crippen molar-refractivity contribution in [2.75, 3.05) is 13.7 Å². The van der Waals surface area contributed by atoms with Crippen LogP contribution in [0, 0.1) is 0 Å².